The van der Waals surface area contributed by atoms with E-state index in [2.05, 4.69) is 15.3 Å². The van der Waals surface area contributed by atoms with Crippen LogP contribution in [-0.2, 0) is 10.9 Å². The van der Waals surface area contributed by atoms with Crippen LogP contribution in [0, 0.1) is 0 Å². The van der Waals surface area contributed by atoms with Gasteiger partial charge in [0, 0.05) is 56.2 Å². The van der Waals surface area contributed by atoms with E-state index in [4.69, 9.17) is 4.74 Å². The molecule has 2 atom stereocenters. The minimum atomic E-state index is -4.61. The quantitative estimate of drug-likeness (QED) is 0.503. The summed E-state index contributed by atoms with van der Waals surface area (Å²) in [5.41, 5.74) is -1.18. The number of dihydropyridines is 1. The second-order valence-electron chi connectivity index (χ2n) is 11.2. The number of hydrogen-bond donors (Lipinski definition) is 2. The summed E-state index contributed by atoms with van der Waals surface area (Å²) in [6, 6.07) is 6.42. The zero-order valence-electron chi connectivity index (χ0n) is 22.6. The number of nitrogens with zero attached hydrogens (tertiary/aromatic N) is 4. The molecule has 2 aromatic rings. The number of fused-ring (bicyclic) bond motifs is 1. The largest absolute Gasteiger partial charge is 0.479 e. The van der Waals surface area contributed by atoms with Crippen LogP contribution in [0.4, 0.5) is 27.8 Å². The fraction of sp³-hybridized carbons (Fsp3) is 0.483. The SMILES string of the molecule is O=C(c1ccc(C2C=C3CC(F)(F)C4(CCN(c5cnc(C(F)(F)F)cn5)CC4)OC3=CN2)cc1)N1CCC[C@@H]1CO. The third-order valence-electron chi connectivity index (χ3n) is 8.65. The van der Waals surface area contributed by atoms with E-state index in [9.17, 15) is 23.1 Å². The van der Waals surface area contributed by atoms with Gasteiger partial charge in [-0.3, -0.25) is 4.79 Å². The predicted molar refractivity (Wildman–Crippen MR) is 141 cm³/mol. The Morgan fingerprint density at radius 2 is 1.83 bits per heavy atom. The number of hydrogen-bond acceptors (Lipinski definition) is 7. The highest BCUT2D eigenvalue weighted by molar-refractivity contribution is 5.94. The minimum Gasteiger partial charge on any atom is -0.479 e. The van der Waals surface area contributed by atoms with Crippen molar-refractivity contribution in [2.45, 2.75) is 61.9 Å². The van der Waals surface area contributed by atoms with E-state index < -0.39 is 35.9 Å². The maximum Gasteiger partial charge on any atom is 0.434 e. The summed E-state index contributed by atoms with van der Waals surface area (Å²) < 4.78 is 75.8. The van der Waals surface area contributed by atoms with Crippen molar-refractivity contribution in [3.05, 3.63) is 77.1 Å². The number of piperidine rings is 1. The fourth-order valence-corrected chi connectivity index (χ4v) is 6.20. The molecule has 2 N–H and O–H groups in total. The molecular weight excluding hydrogens is 561 g/mol. The number of alkyl halides is 5. The Labute approximate surface area is 238 Å². The zero-order chi connectivity index (χ0) is 29.7. The second-order valence-corrected chi connectivity index (χ2v) is 11.2. The van der Waals surface area contributed by atoms with Crippen molar-refractivity contribution in [3.8, 4) is 0 Å². The van der Waals surface area contributed by atoms with Crippen molar-refractivity contribution in [2.75, 3.05) is 31.1 Å². The highest BCUT2D eigenvalue weighted by Crippen LogP contribution is 2.52. The van der Waals surface area contributed by atoms with E-state index in [1.165, 1.54) is 0 Å². The van der Waals surface area contributed by atoms with Gasteiger partial charge in [-0.15, -0.1) is 0 Å². The molecule has 1 aromatic heterocycles. The number of carbonyl (C=O) groups excluding carboxylic acids is 1. The Morgan fingerprint density at radius 3 is 2.48 bits per heavy atom. The first-order valence-corrected chi connectivity index (χ1v) is 13.9. The third-order valence-corrected chi connectivity index (χ3v) is 8.65. The van der Waals surface area contributed by atoms with Crippen LogP contribution in [0.3, 0.4) is 0 Å². The molecule has 0 saturated carbocycles. The molecule has 0 bridgehead atoms. The highest BCUT2D eigenvalue weighted by atomic mass is 19.4. The smallest absolute Gasteiger partial charge is 0.434 e. The number of likely N-dealkylation sites (tertiary alicyclic amines) is 1. The van der Waals surface area contributed by atoms with Gasteiger partial charge in [0.2, 0.25) is 0 Å². The van der Waals surface area contributed by atoms with Crippen molar-refractivity contribution in [2.24, 2.45) is 0 Å². The van der Waals surface area contributed by atoms with Gasteiger partial charge >= 0.3 is 6.18 Å². The lowest BCUT2D eigenvalue weighted by atomic mass is 9.78. The number of allylic oxidation sites excluding steroid dienone is 1. The van der Waals surface area contributed by atoms with Gasteiger partial charge in [0.05, 0.1) is 31.1 Å². The molecule has 3 saturated heterocycles. The first kappa shape index (κ1) is 28.4. The molecule has 1 unspecified atom stereocenters. The predicted octanol–water partition coefficient (Wildman–Crippen LogP) is 4.60. The number of halogens is 5. The maximum absolute atomic E-state index is 15.7. The summed E-state index contributed by atoms with van der Waals surface area (Å²) >= 11 is 0. The summed E-state index contributed by atoms with van der Waals surface area (Å²) in [6.45, 7) is 0.782. The van der Waals surface area contributed by atoms with E-state index in [1.54, 1.807) is 46.3 Å². The van der Waals surface area contributed by atoms with E-state index >= 15 is 8.78 Å². The molecule has 5 heterocycles. The Balaban J connectivity index is 1.12. The van der Waals surface area contributed by atoms with Crippen LogP contribution >= 0.6 is 0 Å². The number of aromatic nitrogens is 2. The van der Waals surface area contributed by atoms with Gasteiger partial charge in [-0.05, 0) is 30.5 Å². The number of ether oxygens (including phenoxy) is 1. The molecule has 13 heteroatoms. The van der Waals surface area contributed by atoms with Crippen molar-refractivity contribution in [1.29, 1.82) is 0 Å². The molecule has 224 valence electrons. The molecule has 0 aliphatic carbocycles. The van der Waals surface area contributed by atoms with Crippen LogP contribution in [0.2, 0.25) is 0 Å². The molecule has 4 aliphatic heterocycles. The summed E-state index contributed by atoms with van der Waals surface area (Å²) in [5.74, 6) is -2.78. The number of carbonyl (C=O) groups is 1. The molecule has 1 aromatic carbocycles. The summed E-state index contributed by atoms with van der Waals surface area (Å²) in [5, 5.41) is 12.7. The van der Waals surface area contributed by atoms with Gasteiger partial charge in [0.1, 0.15) is 11.6 Å². The molecule has 0 radical (unpaired) electrons. The van der Waals surface area contributed by atoms with Crippen LogP contribution in [0.15, 0.2) is 60.3 Å². The molecule has 42 heavy (non-hydrogen) atoms. The summed E-state index contributed by atoms with van der Waals surface area (Å²) in [7, 11) is 0. The number of aliphatic hydroxyl groups excluding tert-OH is 1. The van der Waals surface area contributed by atoms with Crippen LogP contribution in [-0.4, -0.2) is 69.7 Å². The topological polar surface area (TPSA) is 90.8 Å². The highest BCUT2D eigenvalue weighted by Gasteiger charge is 2.60. The molecular formula is C29H30F5N5O3. The minimum absolute atomic E-state index is 0.0413. The van der Waals surface area contributed by atoms with Gasteiger partial charge in [-0.2, -0.15) is 13.2 Å². The maximum atomic E-state index is 15.7. The first-order valence-electron chi connectivity index (χ1n) is 13.9. The van der Waals surface area contributed by atoms with Crippen molar-refractivity contribution >= 4 is 11.7 Å². The van der Waals surface area contributed by atoms with E-state index in [-0.39, 0.29) is 50.3 Å². The number of benzene rings is 1. The van der Waals surface area contributed by atoms with E-state index in [0.29, 0.717) is 29.6 Å². The lowest BCUT2D eigenvalue weighted by Crippen LogP contribution is -2.59. The van der Waals surface area contributed by atoms with Crippen LogP contribution in [0.1, 0.15) is 59.8 Å². The second kappa shape index (κ2) is 10.5. The monoisotopic (exact) mass is 591 g/mol. The fourth-order valence-electron chi connectivity index (χ4n) is 6.20. The standard InChI is InChI=1S/C29H30F5N5O3/c30-28(31)13-20-12-22(18-3-5-19(6-4-18)26(41)39-9-1-2-21(39)17-40)35-14-23(20)42-27(28)7-10-38(11-8-27)25-16-36-24(15-37-25)29(32,33)34/h3-6,12,14-16,21-22,35,40H,1-2,7-11,13,17H2/t21-,22?/m1/s1. The molecule has 8 nitrogen and oxygen atoms in total. The van der Waals surface area contributed by atoms with Gasteiger partial charge in [0.25, 0.3) is 11.8 Å². The van der Waals surface area contributed by atoms with Crippen molar-refractivity contribution < 1.29 is 36.6 Å². The van der Waals surface area contributed by atoms with E-state index in [1.807, 2.05) is 0 Å². The lowest BCUT2D eigenvalue weighted by molar-refractivity contribution is -0.213. The summed E-state index contributed by atoms with van der Waals surface area (Å²) in [6.07, 6.45) is 1.38. The van der Waals surface area contributed by atoms with Crippen molar-refractivity contribution in [1.82, 2.24) is 20.2 Å². The van der Waals surface area contributed by atoms with Gasteiger partial charge in [-0.1, -0.05) is 18.2 Å². The molecule has 1 amide bonds. The number of amides is 1. The van der Waals surface area contributed by atoms with Gasteiger partial charge in [0.15, 0.2) is 11.3 Å². The Bertz CT molecular complexity index is 1390. The van der Waals surface area contributed by atoms with Gasteiger partial charge in [-0.25, -0.2) is 18.7 Å². The zero-order valence-corrected chi connectivity index (χ0v) is 22.6. The van der Waals surface area contributed by atoms with E-state index in [0.717, 1.165) is 24.6 Å². The van der Waals surface area contributed by atoms with Crippen LogP contribution in [0.25, 0.3) is 0 Å². The number of aliphatic hydroxyl groups is 1. The molecule has 6 rings (SSSR count). The van der Waals surface area contributed by atoms with Crippen molar-refractivity contribution in [3.63, 3.8) is 0 Å². The Kier molecular flexibility index (Phi) is 7.11. The Hall–Kier alpha value is -3.74. The molecule has 1 spiro atoms. The normalized spacial score (nSPS) is 24.8. The number of rotatable bonds is 4. The Morgan fingerprint density at radius 1 is 1.10 bits per heavy atom. The van der Waals surface area contributed by atoms with Gasteiger partial charge < -0.3 is 25.0 Å². The third kappa shape index (κ3) is 5.07. The molecule has 4 aliphatic rings. The van der Waals surface area contributed by atoms with Crippen LogP contribution < -0.4 is 10.2 Å². The van der Waals surface area contributed by atoms with Crippen LogP contribution in [0.5, 0.6) is 0 Å². The lowest BCUT2D eigenvalue weighted by Gasteiger charge is -2.50. The summed E-state index contributed by atoms with van der Waals surface area (Å²) in [4.78, 5) is 23.5. The first-order chi connectivity index (χ1) is 20.0. The molecule has 3 fully saturated rings. The average Bonchev–Trinajstić information content (AvgIpc) is 3.46. The number of nitrogens with one attached hydrogen (secondary N) is 1. The number of anilines is 1. The average molecular weight is 592 g/mol.